The third-order valence-electron chi connectivity index (χ3n) is 1.67. The van der Waals surface area contributed by atoms with E-state index in [1.165, 1.54) is 6.20 Å². The van der Waals surface area contributed by atoms with E-state index in [0.717, 1.165) is 8.95 Å². The van der Waals surface area contributed by atoms with Crippen LogP contribution in [0.15, 0.2) is 32.1 Å². The number of halogens is 2. The molecule has 5 heteroatoms. The molecule has 0 atom stereocenters. The number of nitrogens with one attached hydrogen (secondary N) is 1. The molecule has 1 aromatic heterocycles. The first-order valence-electron chi connectivity index (χ1n) is 3.51. The van der Waals surface area contributed by atoms with E-state index in [1.54, 1.807) is 0 Å². The summed E-state index contributed by atoms with van der Waals surface area (Å²) in [5.41, 5.74) is 0.627. The highest BCUT2D eigenvalue weighted by Gasteiger charge is 2.04. The molecule has 1 heterocycles. The van der Waals surface area contributed by atoms with Gasteiger partial charge in [-0.1, -0.05) is 15.9 Å². The summed E-state index contributed by atoms with van der Waals surface area (Å²) in [5.74, 6) is 0. The molecule has 0 aliphatic rings. The summed E-state index contributed by atoms with van der Waals surface area (Å²) in [4.78, 5) is 11.4. The van der Waals surface area contributed by atoms with Gasteiger partial charge in [-0.05, 0) is 28.1 Å². The fraction of sp³-hybridized carbons (Fsp3) is 0. The fourth-order valence-electron chi connectivity index (χ4n) is 1.14. The lowest BCUT2D eigenvalue weighted by Crippen LogP contribution is -2.03. The lowest BCUT2D eigenvalue weighted by molar-refractivity contribution is 1.06. The molecule has 0 aliphatic heterocycles. The number of rotatable bonds is 0. The van der Waals surface area contributed by atoms with E-state index >= 15 is 0 Å². The minimum absolute atomic E-state index is 0.0897. The van der Waals surface area contributed by atoms with Crippen molar-refractivity contribution in [2.24, 2.45) is 0 Å². The molecule has 0 saturated heterocycles. The molecule has 0 radical (unpaired) electrons. The van der Waals surface area contributed by atoms with Crippen molar-refractivity contribution >= 4 is 42.8 Å². The zero-order valence-electron chi connectivity index (χ0n) is 6.34. The van der Waals surface area contributed by atoms with Gasteiger partial charge in [-0.2, -0.15) is 5.10 Å². The highest BCUT2D eigenvalue weighted by atomic mass is 79.9. The van der Waals surface area contributed by atoms with Gasteiger partial charge in [0.2, 0.25) is 5.43 Å². The van der Waals surface area contributed by atoms with Crippen molar-refractivity contribution < 1.29 is 0 Å². The van der Waals surface area contributed by atoms with Crippen molar-refractivity contribution in [3.05, 3.63) is 37.5 Å². The van der Waals surface area contributed by atoms with E-state index in [1.807, 2.05) is 12.1 Å². The van der Waals surface area contributed by atoms with Gasteiger partial charge in [0.1, 0.15) is 0 Å². The molecular formula is C8H4Br2N2O. The van der Waals surface area contributed by atoms with Crippen LogP contribution in [0.25, 0.3) is 10.9 Å². The summed E-state index contributed by atoms with van der Waals surface area (Å²) in [6.45, 7) is 0. The smallest absolute Gasteiger partial charge is 0.209 e. The van der Waals surface area contributed by atoms with E-state index in [-0.39, 0.29) is 5.43 Å². The van der Waals surface area contributed by atoms with E-state index in [9.17, 15) is 4.79 Å². The summed E-state index contributed by atoms with van der Waals surface area (Å²) < 4.78 is 1.66. The molecule has 2 aromatic rings. The van der Waals surface area contributed by atoms with Crippen LogP contribution in [0.5, 0.6) is 0 Å². The van der Waals surface area contributed by atoms with Gasteiger partial charge in [0, 0.05) is 8.95 Å². The molecule has 2 rings (SSSR count). The van der Waals surface area contributed by atoms with E-state index in [0.29, 0.717) is 10.9 Å². The number of benzene rings is 1. The predicted molar refractivity (Wildman–Crippen MR) is 57.8 cm³/mol. The van der Waals surface area contributed by atoms with Gasteiger partial charge in [0.05, 0.1) is 17.1 Å². The molecular weight excluding hydrogens is 300 g/mol. The Morgan fingerprint density at radius 2 is 2.08 bits per heavy atom. The molecule has 66 valence electrons. The lowest BCUT2D eigenvalue weighted by atomic mass is 10.2. The number of nitrogens with zero attached hydrogens (tertiary/aromatic N) is 1. The third kappa shape index (κ3) is 1.53. The Bertz CT molecular complexity index is 521. The normalized spacial score (nSPS) is 10.6. The number of aromatic amines is 1. The Morgan fingerprint density at radius 3 is 2.85 bits per heavy atom. The molecule has 0 unspecified atom stereocenters. The highest BCUT2D eigenvalue weighted by molar-refractivity contribution is 9.11. The second-order valence-corrected chi connectivity index (χ2v) is 4.31. The summed E-state index contributed by atoms with van der Waals surface area (Å²) in [5, 5.41) is 7.10. The van der Waals surface area contributed by atoms with Crippen LogP contribution in [0.2, 0.25) is 0 Å². The number of hydrogen-bond acceptors (Lipinski definition) is 2. The first-order chi connectivity index (χ1) is 6.18. The van der Waals surface area contributed by atoms with Crippen molar-refractivity contribution in [3.63, 3.8) is 0 Å². The van der Waals surface area contributed by atoms with Gasteiger partial charge in [0.25, 0.3) is 0 Å². The maximum Gasteiger partial charge on any atom is 0.209 e. The van der Waals surface area contributed by atoms with Gasteiger partial charge in [0.15, 0.2) is 0 Å². The summed E-state index contributed by atoms with van der Waals surface area (Å²) in [6, 6.07) is 3.64. The zero-order chi connectivity index (χ0) is 9.42. The summed E-state index contributed by atoms with van der Waals surface area (Å²) in [7, 11) is 0. The molecule has 3 nitrogen and oxygen atoms in total. The summed E-state index contributed by atoms with van der Waals surface area (Å²) in [6.07, 6.45) is 1.26. The molecule has 0 aliphatic carbocycles. The Balaban J connectivity index is 3.03. The van der Waals surface area contributed by atoms with Gasteiger partial charge in [-0.3, -0.25) is 9.89 Å². The molecule has 0 spiro atoms. The second-order valence-electron chi connectivity index (χ2n) is 2.54. The van der Waals surface area contributed by atoms with Crippen molar-refractivity contribution in [2.45, 2.75) is 0 Å². The van der Waals surface area contributed by atoms with Crippen LogP contribution >= 0.6 is 31.9 Å². The quantitative estimate of drug-likeness (QED) is 0.812. The van der Waals surface area contributed by atoms with Gasteiger partial charge < -0.3 is 0 Å². The van der Waals surface area contributed by atoms with Crippen LogP contribution in [0, 0.1) is 0 Å². The standard InChI is InChI=1S/C8H4Br2N2O/c9-4-1-5(10)8-6(2-4)12-11-3-7(8)13/h1-3H,(H,12,13). The molecule has 0 amide bonds. The SMILES string of the molecule is O=c1cn[nH]c2cc(Br)cc(Br)c12. The first kappa shape index (κ1) is 8.90. The van der Waals surface area contributed by atoms with Crippen LogP contribution in [0.4, 0.5) is 0 Å². The summed E-state index contributed by atoms with van der Waals surface area (Å²) >= 11 is 6.65. The number of H-pyrrole nitrogens is 1. The van der Waals surface area contributed by atoms with Crippen molar-refractivity contribution in [2.75, 3.05) is 0 Å². The van der Waals surface area contributed by atoms with Crippen molar-refractivity contribution in [1.82, 2.24) is 10.2 Å². The average molecular weight is 304 g/mol. The molecule has 13 heavy (non-hydrogen) atoms. The van der Waals surface area contributed by atoms with Crippen molar-refractivity contribution in [1.29, 1.82) is 0 Å². The zero-order valence-corrected chi connectivity index (χ0v) is 9.52. The lowest BCUT2D eigenvalue weighted by Gasteiger charge is -1.99. The highest BCUT2D eigenvalue weighted by Crippen LogP contribution is 2.24. The van der Waals surface area contributed by atoms with Crippen LogP contribution in [-0.4, -0.2) is 10.2 Å². The largest absolute Gasteiger partial charge is 0.287 e. The minimum Gasteiger partial charge on any atom is -0.287 e. The van der Waals surface area contributed by atoms with Crippen LogP contribution < -0.4 is 5.43 Å². The predicted octanol–water partition coefficient (Wildman–Crippen LogP) is 2.45. The van der Waals surface area contributed by atoms with Crippen LogP contribution in [-0.2, 0) is 0 Å². The Hall–Kier alpha value is -0.680. The number of aromatic nitrogens is 2. The third-order valence-corrected chi connectivity index (χ3v) is 2.75. The number of hydrogen-bond donors (Lipinski definition) is 1. The molecule has 1 N–H and O–H groups in total. The number of fused-ring (bicyclic) bond motifs is 1. The first-order valence-corrected chi connectivity index (χ1v) is 5.09. The van der Waals surface area contributed by atoms with Gasteiger partial charge in [-0.15, -0.1) is 0 Å². The van der Waals surface area contributed by atoms with Gasteiger partial charge >= 0.3 is 0 Å². The molecule has 0 fully saturated rings. The molecule has 0 bridgehead atoms. The van der Waals surface area contributed by atoms with E-state index < -0.39 is 0 Å². The van der Waals surface area contributed by atoms with Crippen LogP contribution in [0.1, 0.15) is 0 Å². The molecule has 1 aromatic carbocycles. The second kappa shape index (κ2) is 3.23. The minimum atomic E-state index is -0.0897. The van der Waals surface area contributed by atoms with Crippen LogP contribution in [0.3, 0.4) is 0 Å². The maximum absolute atomic E-state index is 11.4. The topological polar surface area (TPSA) is 45.8 Å². The Kier molecular flexibility index (Phi) is 2.21. The van der Waals surface area contributed by atoms with Crippen molar-refractivity contribution in [3.8, 4) is 0 Å². The fourth-order valence-corrected chi connectivity index (χ4v) is 2.56. The Labute approximate surface area is 90.4 Å². The maximum atomic E-state index is 11.4. The van der Waals surface area contributed by atoms with E-state index in [2.05, 4.69) is 42.1 Å². The Morgan fingerprint density at radius 1 is 1.31 bits per heavy atom. The average Bonchev–Trinajstić information content (AvgIpc) is 2.02. The molecule has 0 saturated carbocycles. The monoisotopic (exact) mass is 302 g/mol. The van der Waals surface area contributed by atoms with Gasteiger partial charge in [-0.25, -0.2) is 0 Å². The van der Waals surface area contributed by atoms with E-state index in [4.69, 9.17) is 0 Å².